The minimum absolute atomic E-state index is 0.192. The number of aromatic nitrogens is 7. The molecular formula is C26H32FN9O2. The van der Waals surface area contributed by atoms with Gasteiger partial charge < -0.3 is 15.2 Å². The molecule has 4 heterocycles. The maximum atomic E-state index is 15.6. The van der Waals surface area contributed by atoms with Crippen LogP contribution in [0.25, 0.3) is 28.2 Å². The highest BCUT2D eigenvalue weighted by atomic mass is 19.1. The average molecular weight is 522 g/mol. The number of benzene rings is 1. The number of nitrogen functional groups attached to an aromatic ring is 1. The number of rotatable bonds is 9. The average Bonchev–Trinajstić information content (AvgIpc) is 3.57. The quantitative estimate of drug-likeness (QED) is 0.354. The zero-order valence-corrected chi connectivity index (χ0v) is 21.8. The van der Waals surface area contributed by atoms with Gasteiger partial charge >= 0.3 is 0 Å². The van der Waals surface area contributed by atoms with Crippen molar-refractivity contribution < 1.29 is 13.9 Å². The largest absolute Gasteiger partial charge is 0.492 e. The van der Waals surface area contributed by atoms with Gasteiger partial charge in [0, 0.05) is 55.3 Å². The van der Waals surface area contributed by atoms with Gasteiger partial charge in [0.2, 0.25) is 0 Å². The Balaban J connectivity index is 1.39. The van der Waals surface area contributed by atoms with Crippen LogP contribution in [-0.4, -0.2) is 79.3 Å². The molecule has 1 fully saturated rings. The summed E-state index contributed by atoms with van der Waals surface area (Å²) in [5.74, 6) is 0.994. The summed E-state index contributed by atoms with van der Waals surface area (Å²) < 4.78 is 30.1. The number of ether oxygens (including phenoxy) is 2. The lowest BCUT2D eigenvalue weighted by atomic mass is 10.1. The van der Waals surface area contributed by atoms with E-state index >= 15 is 4.39 Å². The van der Waals surface area contributed by atoms with Gasteiger partial charge in [0.1, 0.15) is 23.9 Å². The molecule has 0 bridgehead atoms. The first kappa shape index (κ1) is 25.7. The summed E-state index contributed by atoms with van der Waals surface area (Å²) in [7, 11) is 0. The fourth-order valence-electron chi connectivity index (χ4n) is 4.40. The van der Waals surface area contributed by atoms with Crippen molar-refractivity contribution in [3.63, 3.8) is 0 Å². The molecule has 5 rings (SSSR count). The number of nitrogens with zero attached hydrogens (tertiary/aromatic N) is 8. The van der Waals surface area contributed by atoms with Crippen LogP contribution < -0.4 is 10.5 Å². The number of nitrogens with two attached hydrogens (primary N) is 1. The molecule has 1 aliphatic heterocycles. The molecule has 0 radical (unpaired) electrons. The van der Waals surface area contributed by atoms with Crippen molar-refractivity contribution in [2.75, 3.05) is 45.2 Å². The molecule has 38 heavy (non-hydrogen) atoms. The first-order valence-electron chi connectivity index (χ1n) is 12.7. The highest BCUT2D eigenvalue weighted by Gasteiger charge is 2.21. The second-order valence-electron chi connectivity index (χ2n) is 9.74. The molecule has 0 saturated carbocycles. The number of halogens is 1. The van der Waals surface area contributed by atoms with Crippen LogP contribution in [-0.2, 0) is 11.3 Å². The van der Waals surface area contributed by atoms with E-state index in [-0.39, 0.29) is 17.3 Å². The van der Waals surface area contributed by atoms with E-state index in [0.717, 1.165) is 50.5 Å². The fraction of sp³-hybridized carbons (Fsp3) is 0.423. The van der Waals surface area contributed by atoms with E-state index in [1.807, 2.05) is 16.9 Å². The number of hydrogen-bond donors (Lipinski definition) is 1. The lowest BCUT2D eigenvalue weighted by Crippen LogP contribution is -2.38. The van der Waals surface area contributed by atoms with Gasteiger partial charge in [-0.25, -0.2) is 9.37 Å². The van der Waals surface area contributed by atoms with Crippen molar-refractivity contribution in [2.24, 2.45) is 5.92 Å². The Morgan fingerprint density at radius 1 is 1.16 bits per heavy atom. The summed E-state index contributed by atoms with van der Waals surface area (Å²) in [6.07, 6.45) is 5.42. The molecule has 200 valence electrons. The van der Waals surface area contributed by atoms with Crippen molar-refractivity contribution >= 4 is 5.82 Å². The van der Waals surface area contributed by atoms with E-state index in [1.54, 1.807) is 31.5 Å². The van der Waals surface area contributed by atoms with Gasteiger partial charge in [-0.2, -0.15) is 9.78 Å². The Bertz CT molecular complexity index is 1400. The summed E-state index contributed by atoms with van der Waals surface area (Å²) >= 11 is 0. The Morgan fingerprint density at radius 3 is 2.76 bits per heavy atom. The predicted octanol–water partition coefficient (Wildman–Crippen LogP) is 2.98. The van der Waals surface area contributed by atoms with E-state index in [2.05, 4.69) is 44.4 Å². The third-order valence-electron chi connectivity index (χ3n) is 6.46. The molecule has 3 aromatic heterocycles. The van der Waals surface area contributed by atoms with E-state index in [4.69, 9.17) is 15.2 Å². The van der Waals surface area contributed by atoms with E-state index < -0.39 is 5.82 Å². The minimum Gasteiger partial charge on any atom is -0.492 e. The Hall–Kier alpha value is -3.90. The van der Waals surface area contributed by atoms with Crippen LogP contribution in [0.4, 0.5) is 10.2 Å². The van der Waals surface area contributed by atoms with Gasteiger partial charge in [-0.1, -0.05) is 13.8 Å². The van der Waals surface area contributed by atoms with Gasteiger partial charge in [-0.15, -0.1) is 5.10 Å². The number of tetrazole rings is 1. The fourth-order valence-corrected chi connectivity index (χ4v) is 4.40. The maximum Gasteiger partial charge on any atom is 0.190 e. The van der Waals surface area contributed by atoms with Crippen molar-refractivity contribution in [1.29, 1.82) is 0 Å². The molecule has 1 aromatic carbocycles. The number of anilines is 1. The molecule has 2 N–H and O–H groups in total. The van der Waals surface area contributed by atoms with Crippen molar-refractivity contribution in [1.82, 2.24) is 39.9 Å². The van der Waals surface area contributed by atoms with Gasteiger partial charge in [0.15, 0.2) is 11.6 Å². The summed E-state index contributed by atoms with van der Waals surface area (Å²) in [6.45, 7) is 11.2. The molecule has 1 saturated heterocycles. The van der Waals surface area contributed by atoms with Gasteiger partial charge in [-0.05, 0) is 41.5 Å². The topological polar surface area (TPSA) is 122 Å². The van der Waals surface area contributed by atoms with Crippen molar-refractivity contribution in [3.05, 3.63) is 48.2 Å². The second kappa shape index (κ2) is 11.2. The minimum atomic E-state index is -0.472. The van der Waals surface area contributed by atoms with Crippen molar-refractivity contribution in [3.8, 4) is 34.0 Å². The predicted molar refractivity (Wildman–Crippen MR) is 140 cm³/mol. The standard InChI is InChI=1S/C26H32FN9O2/c1-17(2)15-35-16-20(14-30-35)19-12-21(25(28)29-13-19)26-31-32-33-36(26)22-4-5-23(18(3)24(22)27)38-11-8-34-6-9-37-10-7-34/h4-5,12-14,16-17H,6-11,15H2,1-3H3,(H2,28,29). The van der Waals surface area contributed by atoms with Crippen LogP contribution in [0.1, 0.15) is 19.4 Å². The van der Waals surface area contributed by atoms with E-state index in [9.17, 15) is 0 Å². The first-order valence-corrected chi connectivity index (χ1v) is 12.7. The number of morpholine rings is 1. The smallest absolute Gasteiger partial charge is 0.190 e. The Labute approximate surface area is 220 Å². The maximum absolute atomic E-state index is 15.6. The molecule has 4 aromatic rings. The van der Waals surface area contributed by atoms with Gasteiger partial charge in [0.25, 0.3) is 0 Å². The molecule has 0 aliphatic carbocycles. The Kier molecular flexibility index (Phi) is 7.61. The molecule has 0 spiro atoms. The normalized spacial score (nSPS) is 14.3. The zero-order valence-electron chi connectivity index (χ0n) is 21.8. The summed E-state index contributed by atoms with van der Waals surface area (Å²) in [4.78, 5) is 6.61. The highest BCUT2D eigenvalue weighted by molar-refractivity contribution is 5.76. The number of pyridine rings is 1. The van der Waals surface area contributed by atoms with Crippen LogP contribution >= 0.6 is 0 Å². The molecule has 11 nitrogen and oxygen atoms in total. The Morgan fingerprint density at radius 2 is 1.97 bits per heavy atom. The third-order valence-corrected chi connectivity index (χ3v) is 6.46. The summed E-state index contributed by atoms with van der Waals surface area (Å²) in [5, 5.41) is 16.4. The van der Waals surface area contributed by atoms with E-state index in [0.29, 0.717) is 29.4 Å². The molecule has 0 unspecified atom stereocenters. The highest BCUT2D eigenvalue weighted by Crippen LogP contribution is 2.31. The third kappa shape index (κ3) is 5.50. The second-order valence-corrected chi connectivity index (χ2v) is 9.74. The number of hydrogen-bond acceptors (Lipinski definition) is 9. The first-order chi connectivity index (χ1) is 18.4. The lowest BCUT2D eigenvalue weighted by molar-refractivity contribution is 0.0322. The van der Waals surface area contributed by atoms with Crippen molar-refractivity contribution in [2.45, 2.75) is 27.3 Å². The molecule has 0 atom stereocenters. The van der Waals surface area contributed by atoms with Crippen LogP contribution in [0.5, 0.6) is 5.75 Å². The summed E-state index contributed by atoms with van der Waals surface area (Å²) in [6, 6.07) is 5.18. The monoisotopic (exact) mass is 521 g/mol. The zero-order chi connectivity index (χ0) is 26.6. The molecule has 12 heteroatoms. The molecular weight excluding hydrogens is 489 g/mol. The summed E-state index contributed by atoms with van der Waals surface area (Å²) in [5.41, 5.74) is 8.97. The lowest BCUT2D eigenvalue weighted by Gasteiger charge is -2.26. The van der Waals surface area contributed by atoms with E-state index in [1.165, 1.54) is 4.68 Å². The van der Waals surface area contributed by atoms with Gasteiger partial charge in [-0.3, -0.25) is 9.58 Å². The molecule has 1 aliphatic rings. The van der Waals surface area contributed by atoms with Crippen LogP contribution in [0, 0.1) is 18.7 Å². The van der Waals surface area contributed by atoms with Crippen LogP contribution in [0.3, 0.4) is 0 Å². The molecule has 0 amide bonds. The van der Waals surface area contributed by atoms with Gasteiger partial charge in [0.05, 0.1) is 25.0 Å². The van der Waals surface area contributed by atoms with Crippen LogP contribution in [0.2, 0.25) is 0 Å². The van der Waals surface area contributed by atoms with Crippen LogP contribution in [0.15, 0.2) is 36.8 Å². The SMILES string of the molecule is Cc1c(OCCN2CCOCC2)ccc(-n2nnnc2-c2cc(-c3cnn(CC(C)C)c3)cnc2N)c1F.